The quantitative estimate of drug-likeness (QED) is 0.701. The fourth-order valence-electron chi connectivity index (χ4n) is 3.55. The number of carbonyl (C=O) groups is 2. The number of carbonyl (C=O) groups excluding carboxylic acids is 2. The highest BCUT2D eigenvalue weighted by Gasteiger charge is 2.30. The Labute approximate surface area is 175 Å². The summed E-state index contributed by atoms with van der Waals surface area (Å²) >= 11 is 0. The minimum atomic E-state index is -0.584. The van der Waals surface area contributed by atoms with Crippen LogP contribution in [0.4, 0.5) is 0 Å². The Hall–Kier alpha value is -3.22. The van der Waals surface area contributed by atoms with E-state index in [1.807, 2.05) is 20.8 Å². The molecule has 2 aromatic carbocycles. The van der Waals surface area contributed by atoms with E-state index in [9.17, 15) is 14.7 Å². The summed E-state index contributed by atoms with van der Waals surface area (Å²) in [4.78, 5) is 24.3. The Morgan fingerprint density at radius 1 is 1.23 bits per heavy atom. The number of phenolic OH excluding ortho intramolecular Hbond substituents is 1. The Balaban J connectivity index is 2.19. The topological polar surface area (TPSA) is 91.3 Å². The van der Waals surface area contributed by atoms with Gasteiger partial charge in [0.1, 0.15) is 18.3 Å². The van der Waals surface area contributed by atoms with Crippen LogP contribution in [-0.4, -0.2) is 24.2 Å². The van der Waals surface area contributed by atoms with E-state index in [1.165, 1.54) is 14.0 Å². The molecule has 0 saturated carbocycles. The van der Waals surface area contributed by atoms with Crippen molar-refractivity contribution in [3.63, 3.8) is 0 Å². The van der Waals surface area contributed by atoms with Gasteiger partial charge in [-0.2, -0.15) is 0 Å². The van der Waals surface area contributed by atoms with Gasteiger partial charge >= 0.3 is 11.9 Å². The standard InChI is InChI=1S/C23H26O7/c1-12(2)8-19(29-14(4)24)16-6-7-17-22(21(16)27-5)30-20-15(11-28-23(17)26)9-13(3)10-18(20)25/h6-7,9-10,12,19,25H,8,11H2,1-5H3. The number of hydrogen-bond donors (Lipinski definition) is 1. The molecular formula is C23H26O7. The minimum Gasteiger partial charge on any atom is -0.504 e. The van der Waals surface area contributed by atoms with Gasteiger partial charge in [-0.3, -0.25) is 4.79 Å². The highest BCUT2D eigenvalue weighted by molar-refractivity contribution is 5.94. The van der Waals surface area contributed by atoms with E-state index in [0.717, 1.165) is 5.56 Å². The van der Waals surface area contributed by atoms with Gasteiger partial charge in [-0.25, -0.2) is 4.79 Å². The number of esters is 2. The summed E-state index contributed by atoms with van der Waals surface area (Å²) < 4.78 is 22.6. The number of aromatic hydroxyl groups is 1. The maximum absolute atomic E-state index is 12.6. The second-order valence-corrected chi connectivity index (χ2v) is 7.74. The Morgan fingerprint density at radius 2 is 1.97 bits per heavy atom. The molecular weight excluding hydrogens is 388 g/mol. The number of methoxy groups -OCH3 is 1. The van der Waals surface area contributed by atoms with Gasteiger partial charge in [0.15, 0.2) is 23.0 Å². The zero-order chi connectivity index (χ0) is 22.0. The van der Waals surface area contributed by atoms with Crippen LogP contribution in [0, 0.1) is 12.8 Å². The SMILES string of the molecule is COc1c(C(CC(C)C)OC(C)=O)ccc2c1Oc1c(O)cc(C)cc1COC2=O. The molecule has 160 valence electrons. The third-order valence-corrected chi connectivity index (χ3v) is 4.76. The maximum atomic E-state index is 12.6. The predicted octanol–water partition coefficient (Wildman–Crippen LogP) is 4.82. The van der Waals surface area contributed by atoms with Crippen molar-refractivity contribution >= 4 is 11.9 Å². The van der Waals surface area contributed by atoms with Crippen LogP contribution in [0.25, 0.3) is 0 Å². The van der Waals surface area contributed by atoms with Gasteiger partial charge in [0.25, 0.3) is 0 Å². The van der Waals surface area contributed by atoms with E-state index in [1.54, 1.807) is 24.3 Å². The molecule has 0 amide bonds. The third-order valence-electron chi connectivity index (χ3n) is 4.76. The van der Waals surface area contributed by atoms with E-state index in [2.05, 4.69) is 0 Å². The fraction of sp³-hybridized carbons (Fsp3) is 0.391. The molecule has 7 nitrogen and oxygen atoms in total. The molecule has 0 aliphatic carbocycles. The van der Waals surface area contributed by atoms with Crippen LogP contribution in [0.2, 0.25) is 0 Å². The highest BCUT2D eigenvalue weighted by Crippen LogP contribution is 2.47. The summed E-state index contributed by atoms with van der Waals surface area (Å²) in [5.41, 5.74) is 2.07. The molecule has 30 heavy (non-hydrogen) atoms. The summed E-state index contributed by atoms with van der Waals surface area (Å²) in [6.07, 6.45) is -0.0286. The van der Waals surface area contributed by atoms with Crippen LogP contribution in [-0.2, 0) is 20.9 Å². The second-order valence-electron chi connectivity index (χ2n) is 7.74. The van der Waals surface area contributed by atoms with Crippen LogP contribution in [0.3, 0.4) is 0 Å². The predicted molar refractivity (Wildman–Crippen MR) is 109 cm³/mol. The zero-order valence-corrected chi connectivity index (χ0v) is 17.8. The average molecular weight is 414 g/mol. The van der Waals surface area contributed by atoms with Crippen molar-refractivity contribution in [2.24, 2.45) is 5.92 Å². The minimum absolute atomic E-state index is 0.0314. The summed E-state index contributed by atoms with van der Waals surface area (Å²) in [6.45, 7) is 7.17. The molecule has 0 saturated heterocycles. The molecule has 1 aliphatic rings. The Morgan fingerprint density at radius 3 is 2.60 bits per heavy atom. The van der Waals surface area contributed by atoms with Crippen LogP contribution in [0.5, 0.6) is 23.0 Å². The van der Waals surface area contributed by atoms with Crippen molar-refractivity contribution in [2.75, 3.05) is 7.11 Å². The van der Waals surface area contributed by atoms with Crippen LogP contribution < -0.4 is 9.47 Å². The van der Waals surface area contributed by atoms with Crippen molar-refractivity contribution in [3.05, 3.63) is 46.5 Å². The van der Waals surface area contributed by atoms with Gasteiger partial charge in [0.05, 0.1) is 7.11 Å². The van der Waals surface area contributed by atoms with Gasteiger partial charge in [-0.05, 0) is 43.0 Å². The molecule has 1 N–H and O–H groups in total. The summed E-state index contributed by atoms with van der Waals surface area (Å²) in [7, 11) is 1.45. The van der Waals surface area contributed by atoms with Gasteiger partial charge in [-0.15, -0.1) is 0 Å². The molecule has 0 spiro atoms. The van der Waals surface area contributed by atoms with Crippen molar-refractivity contribution in [2.45, 2.75) is 46.8 Å². The normalized spacial score (nSPS) is 13.9. The molecule has 3 rings (SSSR count). The lowest BCUT2D eigenvalue weighted by molar-refractivity contribution is -0.147. The van der Waals surface area contributed by atoms with Crippen molar-refractivity contribution < 1.29 is 33.6 Å². The monoisotopic (exact) mass is 414 g/mol. The van der Waals surface area contributed by atoms with Crippen LogP contribution in [0.15, 0.2) is 24.3 Å². The zero-order valence-electron chi connectivity index (χ0n) is 17.8. The summed E-state index contributed by atoms with van der Waals surface area (Å²) in [5.74, 6) is -0.273. The van der Waals surface area contributed by atoms with Crippen LogP contribution in [0.1, 0.15) is 60.3 Å². The number of hydrogen-bond acceptors (Lipinski definition) is 7. The van der Waals surface area contributed by atoms with Crippen LogP contribution >= 0.6 is 0 Å². The molecule has 1 atom stereocenters. The average Bonchev–Trinajstić information content (AvgIpc) is 2.65. The first-order valence-electron chi connectivity index (χ1n) is 9.76. The van der Waals surface area contributed by atoms with Gasteiger partial charge in [-0.1, -0.05) is 19.9 Å². The van der Waals surface area contributed by atoms with Crippen molar-refractivity contribution in [1.82, 2.24) is 0 Å². The first-order valence-corrected chi connectivity index (χ1v) is 9.76. The van der Waals surface area contributed by atoms with Gasteiger partial charge in [0, 0.05) is 18.1 Å². The maximum Gasteiger partial charge on any atom is 0.342 e. The number of aryl methyl sites for hydroxylation is 1. The number of phenols is 1. The highest BCUT2D eigenvalue weighted by atomic mass is 16.6. The lowest BCUT2D eigenvalue weighted by Crippen LogP contribution is -2.16. The molecule has 7 heteroatoms. The van der Waals surface area contributed by atoms with E-state index in [4.69, 9.17) is 18.9 Å². The summed E-state index contributed by atoms with van der Waals surface area (Å²) in [5, 5.41) is 10.4. The molecule has 0 radical (unpaired) electrons. The molecule has 0 fully saturated rings. The molecule has 1 heterocycles. The fourth-order valence-corrected chi connectivity index (χ4v) is 3.55. The second kappa shape index (κ2) is 8.65. The largest absolute Gasteiger partial charge is 0.504 e. The molecule has 1 unspecified atom stereocenters. The number of rotatable bonds is 5. The smallest absolute Gasteiger partial charge is 0.342 e. The molecule has 0 bridgehead atoms. The van der Waals surface area contributed by atoms with Gasteiger partial charge < -0.3 is 24.1 Å². The third kappa shape index (κ3) is 4.35. The van der Waals surface area contributed by atoms with Crippen molar-refractivity contribution in [1.29, 1.82) is 0 Å². The lowest BCUT2D eigenvalue weighted by Gasteiger charge is -2.25. The van der Waals surface area contributed by atoms with E-state index in [-0.39, 0.29) is 41.1 Å². The van der Waals surface area contributed by atoms with Gasteiger partial charge in [0.2, 0.25) is 0 Å². The number of benzene rings is 2. The number of fused-ring (bicyclic) bond motifs is 2. The molecule has 2 aromatic rings. The number of cyclic esters (lactones) is 1. The van der Waals surface area contributed by atoms with E-state index >= 15 is 0 Å². The number of ether oxygens (including phenoxy) is 4. The first kappa shape index (κ1) is 21.5. The Kier molecular flexibility index (Phi) is 6.20. The van der Waals surface area contributed by atoms with Crippen molar-refractivity contribution in [3.8, 4) is 23.0 Å². The lowest BCUT2D eigenvalue weighted by atomic mass is 9.96. The Bertz CT molecular complexity index is 978. The molecule has 0 aromatic heterocycles. The van der Waals surface area contributed by atoms with E-state index in [0.29, 0.717) is 17.5 Å². The first-order chi connectivity index (χ1) is 14.2. The van der Waals surface area contributed by atoms with E-state index < -0.39 is 18.0 Å². The summed E-state index contributed by atoms with van der Waals surface area (Å²) in [6, 6.07) is 6.58. The molecule has 1 aliphatic heterocycles.